The molecule has 2 N–H and O–H groups in total. The predicted molar refractivity (Wildman–Crippen MR) is 85.7 cm³/mol. The molecule has 0 bridgehead atoms. The molecule has 0 fully saturated rings. The minimum atomic E-state index is -0.417. The van der Waals surface area contributed by atoms with Crippen molar-refractivity contribution >= 4 is 28.4 Å². The summed E-state index contributed by atoms with van der Waals surface area (Å²) >= 11 is 6.23. The second-order valence-electron chi connectivity index (χ2n) is 5.13. The Morgan fingerprint density at radius 3 is 2.71 bits per heavy atom. The van der Waals surface area contributed by atoms with Crippen LogP contribution in [0.3, 0.4) is 0 Å². The Hall–Kier alpha value is -2.26. The Morgan fingerprint density at radius 1 is 1.24 bits per heavy atom. The van der Waals surface area contributed by atoms with Gasteiger partial charge in [-0.05, 0) is 36.2 Å². The third kappa shape index (κ3) is 2.52. The second-order valence-corrected chi connectivity index (χ2v) is 5.53. The van der Waals surface area contributed by atoms with Crippen LogP contribution in [-0.2, 0) is 6.54 Å². The van der Waals surface area contributed by atoms with Crippen molar-refractivity contribution in [1.29, 1.82) is 0 Å². The number of primary amides is 1. The molecular weight excluding hydrogens is 284 g/mol. The average Bonchev–Trinajstić information content (AvgIpc) is 2.77. The van der Waals surface area contributed by atoms with Crippen molar-refractivity contribution in [3.8, 4) is 0 Å². The van der Waals surface area contributed by atoms with Crippen molar-refractivity contribution in [2.45, 2.75) is 13.5 Å². The van der Waals surface area contributed by atoms with Gasteiger partial charge in [0.2, 0.25) is 5.91 Å². The monoisotopic (exact) mass is 298 g/mol. The summed E-state index contributed by atoms with van der Waals surface area (Å²) < 4.78 is 2.10. The van der Waals surface area contributed by atoms with E-state index >= 15 is 0 Å². The molecule has 0 saturated heterocycles. The van der Waals surface area contributed by atoms with Gasteiger partial charge in [-0.15, -0.1) is 0 Å². The van der Waals surface area contributed by atoms with E-state index in [1.165, 1.54) is 0 Å². The highest BCUT2D eigenvalue weighted by Crippen LogP contribution is 2.25. The Balaban J connectivity index is 2.12. The van der Waals surface area contributed by atoms with Crippen LogP contribution in [0.4, 0.5) is 0 Å². The van der Waals surface area contributed by atoms with Crippen LogP contribution in [0.2, 0.25) is 5.02 Å². The standard InChI is InChI=1S/C17H15ClN2O/c1-11-9-20(10-13-4-2-3-5-15(13)18)16-8-12(17(19)21)6-7-14(11)16/h2-9H,10H2,1H3,(H2,19,21). The first-order valence-corrected chi connectivity index (χ1v) is 7.07. The molecule has 21 heavy (non-hydrogen) atoms. The lowest BCUT2D eigenvalue weighted by molar-refractivity contribution is 0.100. The molecule has 4 heteroatoms. The molecule has 3 nitrogen and oxygen atoms in total. The molecular formula is C17H15ClN2O. The summed E-state index contributed by atoms with van der Waals surface area (Å²) in [6.45, 7) is 2.71. The smallest absolute Gasteiger partial charge is 0.248 e. The van der Waals surface area contributed by atoms with E-state index in [0.29, 0.717) is 12.1 Å². The fourth-order valence-corrected chi connectivity index (χ4v) is 2.77. The van der Waals surface area contributed by atoms with Crippen LogP contribution in [0.1, 0.15) is 21.5 Å². The normalized spacial score (nSPS) is 11.0. The number of halogens is 1. The summed E-state index contributed by atoms with van der Waals surface area (Å²) in [6.07, 6.45) is 2.07. The topological polar surface area (TPSA) is 48.0 Å². The Morgan fingerprint density at radius 2 is 2.00 bits per heavy atom. The largest absolute Gasteiger partial charge is 0.366 e. The van der Waals surface area contributed by atoms with Crippen LogP contribution in [0.5, 0.6) is 0 Å². The molecule has 1 amide bonds. The number of benzene rings is 2. The molecule has 0 aliphatic rings. The molecule has 0 aliphatic carbocycles. The van der Waals surface area contributed by atoms with Gasteiger partial charge in [0, 0.05) is 34.2 Å². The summed E-state index contributed by atoms with van der Waals surface area (Å²) in [5.41, 5.74) is 9.08. The maximum absolute atomic E-state index is 11.4. The minimum Gasteiger partial charge on any atom is -0.366 e. The maximum Gasteiger partial charge on any atom is 0.248 e. The number of rotatable bonds is 3. The number of aromatic nitrogens is 1. The minimum absolute atomic E-state index is 0.417. The van der Waals surface area contributed by atoms with Crippen molar-refractivity contribution in [2.75, 3.05) is 0 Å². The molecule has 2 aromatic carbocycles. The Kier molecular flexibility index (Phi) is 3.43. The molecule has 0 atom stereocenters. The number of nitrogens with zero attached hydrogens (tertiary/aromatic N) is 1. The van der Waals surface area contributed by atoms with E-state index in [-0.39, 0.29) is 0 Å². The first kappa shape index (κ1) is 13.7. The van der Waals surface area contributed by atoms with Gasteiger partial charge in [0.25, 0.3) is 0 Å². The van der Waals surface area contributed by atoms with Crippen LogP contribution in [-0.4, -0.2) is 10.5 Å². The van der Waals surface area contributed by atoms with Crippen molar-refractivity contribution in [3.05, 3.63) is 70.4 Å². The lowest BCUT2D eigenvalue weighted by Crippen LogP contribution is -2.10. The van der Waals surface area contributed by atoms with Gasteiger partial charge in [0.15, 0.2) is 0 Å². The van der Waals surface area contributed by atoms with Gasteiger partial charge in [0.05, 0.1) is 0 Å². The highest BCUT2D eigenvalue weighted by molar-refractivity contribution is 6.31. The van der Waals surface area contributed by atoms with Crippen LogP contribution >= 0.6 is 11.6 Å². The lowest BCUT2D eigenvalue weighted by Gasteiger charge is -2.08. The number of nitrogens with two attached hydrogens (primary N) is 1. The van der Waals surface area contributed by atoms with E-state index in [2.05, 4.69) is 17.7 Å². The lowest BCUT2D eigenvalue weighted by atomic mass is 10.1. The molecule has 1 heterocycles. The third-order valence-electron chi connectivity index (χ3n) is 3.66. The quantitative estimate of drug-likeness (QED) is 0.786. The Labute approximate surface area is 127 Å². The summed E-state index contributed by atoms with van der Waals surface area (Å²) in [6, 6.07) is 13.3. The summed E-state index contributed by atoms with van der Waals surface area (Å²) in [7, 11) is 0. The molecule has 0 unspecified atom stereocenters. The van der Waals surface area contributed by atoms with Gasteiger partial charge in [-0.1, -0.05) is 35.9 Å². The van der Waals surface area contributed by atoms with E-state index in [1.54, 1.807) is 6.07 Å². The zero-order valence-corrected chi connectivity index (χ0v) is 12.4. The van der Waals surface area contributed by atoms with Crippen LogP contribution < -0.4 is 5.73 Å². The number of hydrogen-bond donors (Lipinski definition) is 1. The van der Waals surface area contributed by atoms with Gasteiger partial charge in [0.1, 0.15) is 0 Å². The summed E-state index contributed by atoms with van der Waals surface area (Å²) in [4.78, 5) is 11.4. The molecule has 0 saturated carbocycles. The molecule has 0 radical (unpaired) electrons. The van der Waals surface area contributed by atoms with Crippen molar-refractivity contribution in [3.63, 3.8) is 0 Å². The van der Waals surface area contributed by atoms with Gasteiger partial charge in [-0.25, -0.2) is 0 Å². The molecule has 0 aliphatic heterocycles. The van der Waals surface area contributed by atoms with Crippen molar-refractivity contribution in [2.24, 2.45) is 5.73 Å². The maximum atomic E-state index is 11.4. The number of fused-ring (bicyclic) bond motifs is 1. The Bertz CT molecular complexity index is 836. The first-order chi connectivity index (χ1) is 10.1. The molecule has 3 rings (SSSR count). The fraction of sp³-hybridized carbons (Fsp3) is 0.118. The summed E-state index contributed by atoms with van der Waals surface area (Å²) in [5, 5.41) is 1.86. The second kappa shape index (κ2) is 5.26. The molecule has 106 valence electrons. The van der Waals surface area contributed by atoms with Crippen molar-refractivity contribution < 1.29 is 4.79 Å². The number of hydrogen-bond acceptors (Lipinski definition) is 1. The third-order valence-corrected chi connectivity index (χ3v) is 4.03. The SMILES string of the molecule is Cc1cn(Cc2ccccc2Cl)c2cc(C(N)=O)ccc12. The van der Waals surface area contributed by atoms with E-state index in [0.717, 1.165) is 27.1 Å². The predicted octanol–water partition coefficient (Wildman–Crippen LogP) is 3.75. The first-order valence-electron chi connectivity index (χ1n) is 6.69. The molecule has 1 aromatic heterocycles. The zero-order valence-electron chi connectivity index (χ0n) is 11.6. The van der Waals surface area contributed by atoms with Crippen molar-refractivity contribution in [1.82, 2.24) is 4.57 Å². The number of amides is 1. The van der Waals surface area contributed by atoms with Gasteiger partial charge in [-0.3, -0.25) is 4.79 Å². The number of aryl methyl sites for hydroxylation is 1. The molecule has 0 spiro atoms. The highest BCUT2D eigenvalue weighted by atomic mass is 35.5. The van der Waals surface area contributed by atoms with Crippen LogP contribution in [0.25, 0.3) is 10.9 Å². The van der Waals surface area contributed by atoms with Crippen LogP contribution in [0, 0.1) is 6.92 Å². The van der Waals surface area contributed by atoms with Gasteiger partial charge in [-0.2, -0.15) is 0 Å². The van der Waals surface area contributed by atoms with Gasteiger partial charge < -0.3 is 10.3 Å². The van der Waals surface area contributed by atoms with E-state index in [9.17, 15) is 4.79 Å². The number of carbonyl (C=O) groups is 1. The average molecular weight is 299 g/mol. The van der Waals surface area contributed by atoms with E-state index in [1.807, 2.05) is 36.4 Å². The van der Waals surface area contributed by atoms with Gasteiger partial charge >= 0.3 is 0 Å². The summed E-state index contributed by atoms with van der Waals surface area (Å²) in [5.74, 6) is -0.417. The van der Waals surface area contributed by atoms with Crippen LogP contribution in [0.15, 0.2) is 48.7 Å². The fourth-order valence-electron chi connectivity index (χ4n) is 2.57. The zero-order chi connectivity index (χ0) is 15.0. The highest BCUT2D eigenvalue weighted by Gasteiger charge is 2.10. The van der Waals surface area contributed by atoms with E-state index < -0.39 is 5.91 Å². The van der Waals surface area contributed by atoms with E-state index in [4.69, 9.17) is 17.3 Å². The number of carbonyl (C=O) groups excluding carboxylic acids is 1. The molecule has 3 aromatic rings.